The van der Waals surface area contributed by atoms with E-state index in [4.69, 9.17) is 11.6 Å². The molecule has 0 aliphatic carbocycles. The average molecular weight is 423 g/mol. The quantitative estimate of drug-likeness (QED) is 0.813. The van der Waals surface area contributed by atoms with Gasteiger partial charge in [0.15, 0.2) is 0 Å². The van der Waals surface area contributed by atoms with Crippen LogP contribution in [-0.4, -0.2) is 34.8 Å². The molecule has 0 saturated carbocycles. The average Bonchev–Trinajstić information content (AvgIpc) is 2.64. The number of hydrogen-bond donors (Lipinski definition) is 1. The van der Waals surface area contributed by atoms with E-state index in [-0.39, 0.29) is 17.7 Å². The van der Waals surface area contributed by atoms with E-state index in [0.717, 1.165) is 17.3 Å². The van der Waals surface area contributed by atoms with Crippen LogP contribution in [0.25, 0.3) is 0 Å². The Labute approximate surface area is 159 Å². The summed E-state index contributed by atoms with van der Waals surface area (Å²) in [5.74, 6) is 0.0501. The molecule has 1 saturated heterocycles. The first-order valence-electron chi connectivity index (χ1n) is 8.00. The highest BCUT2D eigenvalue weighted by Crippen LogP contribution is 2.21. The van der Waals surface area contributed by atoms with E-state index in [9.17, 15) is 9.59 Å². The molecule has 0 spiro atoms. The largest absolute Gasteiger partial charge is 0.338 e. The van der Waals surface area contributed by atoms with E-state index in [1.54, 1.807) is 29.2 Å². The number of aromatic nitrogens is 1. The maximum atomic E-state index is 12.6. The van der Waals surface area contributed by atoms with Gasteiger partial charge in [-0.15, -0.1) is 0 Å². The molecule has 3 rings (SSSR count). The molecular weight excluding hydrogens is 406 g/mol. The zero-order chi connectivity index (χ0) is 17.8. The van der Waals surface area contributed by atoms with Crippen molar-refractivity contribution in [3.8, 4) is 0 Å². The first-order valence-corrected chi connectivity index (χ1v) is 9.17. The van der Waals surface area contributed by atoms with Gasteiger partial charge in [0.05, 0.1) is 10.9 Å². The van der Waals surface area contributed by atoms with Gasteiger partial charge >= 0.3 is 0 Å². The van der Waals surface area contributed by atoms with Crippen LogP contribution in [0.5, 0.6) is 0 Å². The number of anilines is 1. The molecule has 1 unspecified atom stereocenters. The number of halogens is 2. The molecular formula is C18H17BrClN3O2. The Balaban J connectivity index is 1.63. The Morgan fingerprint density at radius 1 is 1.20 bits per heavy atom. The molecule has 1 N–H and O–H groups in total. The highest BCUT2D eigenvalue weighted by atomic mass is 79.9. The van der Waals surface area contributed by atoms with Gasteiger partial charge in [-0.2, -0.15) is 0 Å². The number of nitrogens with one attached hydrogen (secondary N) is 1. The molecule has 130 valence electrons. The smallest absolute Gasteiger partial charge is 0.253 e. The Kier molecular flexibility index (Phi) is 5.71. The van der Waals surface area contributed by atoms with Gasteiger partial charge in [0.1, 0.15) is 5.82 Å². The van der Waals surface area contributed by atoms with Crippen LogP contribution < -0.4 is 5.32 Å². The summed E-state index contributed by atoms with van der Waals surface area (Å²) < 4.78 is 0.926. The zero-order valence-corrected chi connectivity index (χ0v) is 15.8. The van der Waals surface area contributed by atoms with Crippen molar-refractivity contribution in [3.05, 3.63) is 57.7 Å². The fraction of sp³-hybridized carbons (Fsp3) is 0.278. The molecule has 1 fully saturated rings. The van der Waals surface area contributed by atoms with Gasteiger partial charge in [0, 0.05) is 29.3 Å². The first kappa shape index (κ1) is 17.9. The minimum absolute atomic E-state index is 0.0467. The number of likely N-dealkylation sites (tertiary alicyclic amines) is 1. The Morgan fingerprint density at radius 2 is 1.96 bits per heavy atom. The van der Waals surface area contributed by atoms with Gasteiger partial charge in [0.2, 0.25) is 5.91 Å². The van der Waals surface area contributed by atoms with Crippen LogP contribution in [0.4, 0.5) is 5.82 Å². The zero-order valence-electron chi connectivity index (χ0n) is 13.4. The molecule has 1 aliphatic heterocycles. The fourth-order valence-corrected chi connectivity index (χ4v) is 3.20. The number of amides is 2. The van der Waals surface area contributed by atoms with Crippen molar-refractivity contribution in [1.29, 1.82) is 0 Å². The summed E-state index contributed by atoms with van der Waals surface area (Å²) in [5.41, 5.74) is 0.628. The predicted molar refractivity (Wildman–Crippen MR) is 101 cm³/mol. The van der Waals surface area contributed by atoms with Gasteiger partial charge in [-0.25, -0.2) is 4.98 Å². The molecule has 1 aromatic carbocycles. The van der Waals surface area contributed by atoms with Crippen LogP contribution in [0, 0.1) is 5.92 Å². The topological polar surface area (TPSA) is 62.3 Å². The third kappa shape index (κ3) is 4.58. The molecule has 1 aromatic heterocycles. The summed E-state index contributed by atoms with van der Waals surface area (Å²) in [4.78, 5) is 30.9. The number of carbonyl (C=O) groups excluding carboxylic acids is 2. The molecule has 2 amide bonds. The summed E-state index contributed by atoms with van der Waals surface area (Å²) in [6, 6.07) is 10.6. The second-order valence-electron chi connectivity index (χ2n) is 5.95. The Bertz CT molecular complexity index is 765. The summed E-state index contributed by atoms with van der Waals surface area (Å²) in [6.07, 6.45) is 3.04. The van der Waals surface area contributed by atoms with Crippen molar-refractivity contribution >= 4 is 45.2 Å². The summed E-state index contributed by atoms with van der Waals surface area (Å²) in [6.45, 7) is 1.08. The molecule has 1 aliphatic rings. The molecule has 2 heterocycles. The van der Waals surface area contributed by atoms with Gasteiger partial charge in [-0.05, 0) is 49.2 Å². The molecule has 1 atom stereocenters. The monoisotopic (exact) mass is 421 g/mol. The highest BCUT2D eigenvalue weighted by Gasteiger charge is 2.29. The number of benzene rings is 1. The van der Waals surface area contributed by atoms with Gasteiger partial charge in [-0.1, -0.05) is 27.5 Å². The van der Waals surface area contributed by atoms with Crippen LogP contribution in [0.3, 0.4) is 0 Å². The number of nitrogens with zero attached hydrogens (tertiary/aromatic N) is 2. The fourth-order valence-electron chi connectivity index (χ4n) is 2.83. The molecule has 25 heavy (non-hydrogen) atoms. The van der Waals surface area contributed by atoms with Crippen molar-refractivity contribution in [2.75, 3.05) is 18.4 Å². The second kappa shape index (κ2) is 7.97. The Hall–Kier alpha value is -1.92. The van der Waals surface area contributed by atoms with E-state index in [1.165, 1.54) is 6.20 Å². The lowest BCUT2D eigenvalue weighted by Gasteiger charge is -2.32. The third-order valence-corrected chi connectivity index (χ3v) is 4.90. The molecule has 0 radical (unpaired) electrons. The predicted octanol–water partition coefficient (Wildman–Crippen LogP) is 3.99. The van der Waals surface area contributed by atoms with E-state index in [0.29, 0.717) is 29.5 Å². The van der Waals surface area contributed by atoms with Crippen molar-refractivity contribution in [2.24, 2.45) is 5.92 Å². The van der Waals surface area contributed by atoms with E-state index in [1.807, 2.05) is 12.1 Å². The van der Waals surface area contributed by atoms with Crippen LogP contribution >= 0.6 is 27.5 Å². The van der Waals surface area contributed by atoms with Crippen molar-refractivity contribution in [2.45, 2.75) is 12.8 Å². The van der Waals surface area contributed by atoms with Crippen LogP contribution in [0.1, 0.15) is 23.2 Å². The van der Waals surface area contributed by atoms with Crippen LogP contribution in [0.2, 0.25) is 5.02 Å². The molecule has 7 heteroatoms. The van der Waals surface area contributed by atoms with E-state index >= 15 is 0 Å². The van der Waals surface area contributed by atoms with Gasteiger partial charge in [-0.3, -0.25) is 9.59 Å². The number of rotatable bonds is 3. The van der Waals surface area contributed by atoms with Crippen LogP contribution in [-0.2, 0) is 4.79 Å². The molecule has 0 bridgehead atoms. The minimum atomic E-state index is -0.245. The third-order valence-electron chi connectivity index (χ3n) is 4.15. The SMILES string of the molecule is O=C(Nc1ccc(Cl)cn1)C1CCCN(C(=O)c2ccc(Br)cc2)C1. The second-order valence-corrected chi connectivity index (χ2v) is 7.30. The van der Waals surface area contributed by atoms with Crippen LogP contribution in [0.15, 0.2) is 47.1 Å². The summed E-state index contributed by atoms with van der Waals surface area (Å²) >= 11 is 9.16. The Morgan fingerprint density at radius 3 is 2.64 bits per heavy atom. The van der Waals surface area contributed by atoms with Gasteiger partial charge < -0.3 is 10.2 Å². The normalized spacial score (nSPS) is 17.2. The standard InChI is InChI=1S/C18H17BrClN3O2/c19-14-5-3-12(4-6-14)18(25)23-9-1-2-13(11-23)17(24)22-16-8-7-15(20)10-21-16/h3-8,10,13H,1-2,9,11H2,(H,21,22,24). The lowest BCUT2D eigenvalue weighted by Crippen LogP contribution is -2.43. The summed E-state index contributed by atoms with van der Waals surface area (Å²) in [7, 11) is 0. The van der Waals surface area contributed by atoms with Crippen molar-refractivity contribution in [1.82, 2.24) is 9.88 Å². The maximum Gasteiger partial charge on any atom is 0.253 e. The maximum absolute atomic E-state index is 12.6. The number of carbonyl (C=O) groups is 2. The van der Waals surface area contributed by atoms with E-state index < -0.39 is 0 Å². The van der Waals surface area contributed by atoms with Gasteiger partial charge in [0.25, 0.3) is 5.91 Å². The van der Waals surface area contributed by atoms with Crippen molar-refractivity contribution < 1.29 is 9.59 Å². The number of piperidine rings is 1. The first-order chi connectivity index (χ1) is 12.0. The van der Waals surface area contributed by atoms with Crippen molar-refractivity contribution in [3.63, 3.8) is 0 Å². The molecule has 2 aromatic rings. The summed E-state index contributed by atoms with van der Waals surface area (Å²) in [5, 5.41) is 3.31. The minimum Gasteiger partial charge on any atom is -0.338 e. The lowest BCUT2D eigenvalue weighted by atomic mass is 9.96. The number of pyridine rings is 1. The van der Waals surface area contributed by atoms with E-state index in [2.05, 4.69) is 26.2 Å². The molecule has 5 nitrogen and oxygen atoms in total. The lowest BCUT2D eigenvalue weighted by molar-refractivity contribution is -0.121. The number of hydrogen-bond acceptors (Lipinski definition) is 3. The highest BCUT2D eigenvalue weighted by molar-refractivity contribution is 9.10.